The molecule has 0 aromatic heterocycles. The molecule has 0 radical (unpaired) electrons. The molecule has 17 heavy (non-hydrogen) atoms. The van der Waals surface area contributed by atoms with Crippen molar-refractivity contribution in [3.63, 3.8) is 0 Å². The van der Waals surface area contributed by atoms with E-state index in [-0.39, 0.29) is 11.9 Å². The lowest BCUT2D eigenvalue weighted by Crippen LogP contribution is -2.52. The molecule has 1 aromatic rings. The molecular formula is C12H14ClIN2O. The number of nitrogens with zero attached hydrogens (tertiary/aromatic N) is 1. The van der Waals surface area contributed by atoms with Gasteiger partial charge in [0, 0.05) is 34.3 Å². The van der Waals surface area contributed by atoms with Crippen LogP contribution in [-0.2, 0) is 0 Å². The fraction of sp³-hybridized carbons (Fsp3) is 0.417. The smallest absolute Gasteiger partial charge is 0.255 e. The predicted molar refractivity (Wildman–Crippen MR) is 77.5 cm³/mol. The Bertz CT molecular complexity index is 439. The zero-order valence-corrected chi connectivity index (χ0v) is 12.5. The number of nitrogens with one attached hydrogen (secondary N) is 1. The van der Waals surface area contributed by atoms with Gasteiger partial charge in [-0.15, -0.1) is 0 Å². The molecule has 1 saturated heterocycles. The van der Waals surface area contributed by atoms with Crippen LogP contribution in [0, 0.1) is 3.57 Å². The van der Waals surface area contributed by atoms with Gasteiger partial charge in [0.25, 0.3) is 5.91 Å². The normalized spacial score (nSPS) is 20.4. The second-order valence-electron chi connectivity index (χ2n) is 4.18. The second kappa shape index (κ2) is 5.54. The van der Waals surface area contributed by atoms with Gasteiger partial charge in [0.2, 0.25) is 0 Å². The largest absolute Gasteiger partial charge is 0.333 e. The molecule has 0 bridgehead atoms. The summed E-state index contributed by atoms with van der Waals surface area (Å²) in [6, 6.07) is 5.66. The molecular weight excluding hydrogens is 351 g/mol. The maximum absolute atomic E-state index is 12.4. The minimum absolute atomic E-state index is 0.0749. The maximum Gasteiger partial charge on any atom is 0.255 e. The van der Waals surface area contributed by atoms with Crippen molar-refractivity contribution in [3.8, 4) is 0 Å². The van der Waals surface area contributed by atoms with E-state index in [0.717, 1.165) is 23.2 Å². The number of benzene rings is 1. The van der Waals surface area contributed by atoms with Crippen LogP contribution in [0.3, 0.4) is 0 Å². The number of carbonyl (C=O) groups excluding carboxylic acids is 1. The fourth-order valence-corrected chi connectivity index (χ4v) is 2.70. The van der Waals surface area contributed by atoms with Crippen LogP contribution in [0.25, 0.3) is 0 Å². The minimum Gasteiger partial charge on any atom is -0.333 e. The summed E-state index contributed by atoms with van der Waals surface area (Å²) in [6.07, 6.45) is 0. The molecule has 0 aliphatic carbocycles. The van der Waals surface area contributed by atoms with Crippen molar-refractivity contribution in [3.05, 3.63) is 32.4 Å². The Morgan fingerprint density at radius 1 is 1.59 bits per heavy atom. The zero-order chi connectivity index (χ0) is 12.4. The first kappa shape index (κ1) is 13.1. The van der Waals surface area contributed by atoms with Crippen molar-refractivity contribution in [1.29, 1.82) is 0 Å². The monoisotopic (exact) mass is 364 g/mol. The number of carbonyl (C=O) groups is 1. The topological polar surface area (TPSA) is 32.3 Å². The third-order valence-corrected chi connectivity index (χ3v) is 4.10. The molecule has 1 aliphatic rings. The van der Waals surface area contributed by atoms with E-state index < -0.39 is 0 Å². The summed E-state index contributed by atoms with van der Waals surface area (Å²) in [4.78, 5) is 14.3. The van der Waals surface area contributed by atoms with Crippen molar-refractivity contribution in [1.82, 2.24) is 10.2 Å². The van der Waals surface area contributed by atoms with Crippen LogP contribution >= 0.6 is 34.2 Å². The first-order chi connectivity index (χ1) is 8.09. The van der Waals surface area contributed by atoms with Crippen LogP contribution < -0.4 is 5.32 Å². The third kappa shape index (κ3) is 2.92. The van der Waals surface area contributed by atoms with Gasteiger partial charge in [-0.05, 0) is 47.7 Å². The molecule has 92 valence electrons. The van der Waals surface area contributed by atoms with E-state index in [0.29, 0.717) is 10.6 Å². The summed E-state index contributed by atoms with van der Waals surface area (Å²) < 4.78 is 0.947. The summed E-state index contributed by atoms with van der Waals surface area (Å²) in [5.74, 6) is 0.0749. The van der Waals surface area contributed by atoms with Crippen LogP contribution in [0.4, 0.5) is 0 Å². The van der Waals surface area contributed by atoms with Crippen LogP contribution in [0.1, 0.15) is 17.3 Å². The number of piperazine rings is 1. The van der Waals surface area contributed by atoms with Crippen LogP contribution in [0.15, 0.2) is 18.2 Å². The van der Waals surface area contributed by atoms with Gasteiger partial charge in [-0.25, -0.2) is 0 Å². The maximum atomic E-state index is 12.4. The Balaban J connectivity index is 2.26. The predicted octanol–water partition coefficient (Wildman–Crippen LogP) is 2.38. The molecule has 1 N–H and O–H groups in total. The highest BCUT2D eigenvalue weighted by Crippen LogP contribution is 2.20. The van der Waals surface area contributed by atoms with Gasteiger partial charge < -0.3 is 10.2 Å². The Morgan fingerprint density at radius 2 is 2.35 bits per heavy atom. The molecule has 0 saturated carbocycles. The number of hydrogen-bond acceptors (Lipinski definition) is 2. The summed E-state index contributed by atoms with van der Waals surface area (Å²) in [7, 11) is 0. The van der Waals surface area contributed by atoms with Crippen LogP contribution in [0.5, 0.6) is 0 Å². The Hall–Kier alpha value is -0.330. The summed E-state index contributed by atoms with van der Waals surface area (Å²) >= 11 is 8.12. The van der Waals surface area contributed by atoms with Gasteiger partial charge >= 0.3 is 0 Å². The van der Waals surface area contributed by atoms with Crippen LogP contribution in [-0.4, -0.2) is 36.5 Å². The molecule has 1 fully saturated rings. The highest BCUT2D eigenvalue weighted by molar-refractivity contribution is 14.1. The molecule has 1 aromatic carbocycles. The van der Waals surface area contributed by atoms with E-state index in [9.17, 15) is 4.79 Å². The summed E-state index contributed by atoms with van der Waals surface area (Å²) in [6.45, 7) is 4.51. The van der Waals surface area contributed by atoms with Gasteiger partial charge in [0.05, 0.1) is 5.56 Å². The molecule has 2 rings (SSSR count). The summed E-state index contributed by atoms with van der Waals surface area (Å²) in [5.41, 5.74) is 0.701. The van der Waals surface area contributed by atoms with E-state index in [2.05, 4.69) is 34.8 Å². The molecule has 1 unspecified atom stereocenters. The Labute approximate surface area is 120 Å². The Kier molecular flexibility index (Phi) is 4.27. The van der Waals surface area contributed by atoms with Gasteiger partial charge in [-0.2, -0.15) is 0 Å². The number of hydrogen-bond donors (Lipinski definition) is 1. The molecule has 1 heterocycles. The van der Waals surface area contributed by atoms with Gasteiger partial charge in [0.1, 0.15) is 0 Å². The fourth-order valence-electron chi connectivity index (χ4n) is 1.96. The Morgan fingerprint density at radius 3 is 3.06 bits per heavy atom. The molecule has 5 heteroatoms. The number of amides is 1. The van der Waals surface area contributed by atoms with Crippen molar-refractivity contribution >= 4 is 40.1 Å². The van der Waals surface area contributed by atoms with Gasteiger partial charge in [-0.3, -0.25) is 4.79 Å². The SMILES string of the molecule is CC1CNCCN1C(=O)c1cc(Cl)ccc1I. The van der Waals surface area contributed by atoms with Crippen molar-refractivity contribution in [2.45, 2.75) is 13.0 Å². The minimum atomic E-state index is 0.0749. The van der Waals surface area contributed by atoms with E-state index in [1.54, 1.807) is 12.1 Å². The average molecular weight is 365 g/mol. The van der Waals surface area contributed by atoms with Gasteiger partial charge in [-0.1, -0.05) is 11.6 Å². The molecule has 3 nitrogen and oxygen atoms in total. The zero-order valence-electron chi connectivity index (χ0n) is 9.54. The third-order valence-electron chi connectivity index (χ3n) is 2.92. The average Bonchev–Trinajstić information content (AvgIpc) is 2.32. The van der Waals surface area contributed by atoms with Crippen molar-refractivity contribution < 1.29 is 4.79 Å². The number of rotatable bonds is 1. The molecule has 1 atom stereocenters. The first-order valence-corrected chi connectivity index (χ1v) is 7.02. The van der Waals surface area contributed by atoms with Crippen molar-refractivity contribution in [2.24, 2.45) is 0 Å². The van der Waals surface area contributed by atoms with E-state index in [1.807, 2.05) is 11.0 Å². The molecule has 0 spiro atoms. The van der Waals surface area contributed by atoms with E-state index >= 15 is 0 Å². The molecule has 1 amide bonds. The first-order valence-electron chi connectivity index (χ1n) is 5.56. The lowest BCUT2D eigenvalue weighted by atomic mass is 10.1. The molecule has 1 aliphatic heterocycles. The highest BCUT2D eigenvalue weighted by atomic mass is 127. The van der Waals surface area contributed by atoms with Crippen LogP contribution in [0.2, 0.25) is 5.02 Å². The quantitative estimate of drug-likeness (QED) is 0.776. The van der Waals surface area contributed by atoms with E-state index in [1.165, 1.54) is 0 Å². The lowest BCUT2D eigenvalue weighted by Gasteiger charge is -2.34. The van der Waals surface area contributed by atoms with E-state index in [4.69, 9.17) is 11.6 Å². The van der Waals surface area contributed by atoms with Gasteiger partial charge in [0.15, 0.2) is 0 Å². The summed E-state index contributed by atoms with van der Waals surface area (Å²) in [5, 5.41) is 3.88. The second-order valence-corrected chi connectivity index (χ2v) is 5.77. The van der Waals surface area contributed by atoms with Crippen molar-refractivity contribution in [2.75, 3.05) is 19.6 Å². The standard InChI is InChI=1S/C12H14ClIN2O/c1-8-7-15-4-5-16(8)12(17)10-6-9(13)2-3-11(10)14/h2-3,6,8,15H,4-5,7H2,1H3. The lowest BCUT2D eigenvalue weighted by molar-refractivity contribution is 0.0654. The number of halogens is 2. The highest BCUT2D eigenvalue weighted by Gasteiger charge is 2.25.